The second-order valence-electron chi connectivity index (χ2n) is 6.32. The highest BCUT2D eigenvalue weighted by atomic mass is 16.5. The first-order valence-electron chi connectivity index (χ1n) is 8.50. The predicted octanol–water partition coefficient (Wildman–Crippen LogP) is 3.92. The number of hydrogen-bond acceptors (Lipinski definition) is 4. The average Bonchev–Trinajstić information content (AvgIpc) is 2.90. The van der Waals surface area contributed by atoms with Crippen molar-refractivity contribution in [1.82, 2.24) is 14.8 Å². The van der Waals surface area contributed by atoms with E-state index in [-0.39, 0.29) is 12.0 Å². The highest BCUT2D eigenvalue weighted by molar-refractivity contribution is 6.04. The molecule has 1 aromatic carbocycles. The highest BCUT2D eigenvalue weighted by Crippen LogP contribution is 2.24. The van der Waals surface area contributed by atoms with Crippen molar-refractivity contribution in [3.8, 4) is 11.4 Å². The normalized spacial score (nSPS) is 10.8. The van der Waals surface area contributed by atoms with Crippen LogP contribution < -0.4 is 10.1 Å². The first-order chi connectivity index (χ1) is 12.5. The molecule has 6 nitrogen and oxygen atoms in total. The Morgan fingerprint density at radius 2 is 1.88 bits per heavy atom. The van der Waals surface area contributed by atoms with E-state index in [4.69, 9.17) is 4.74 Å². The van der Waals surface area contributed by atoms with Gasteiger partial charge < -0.3 is 10.1 Å². The van der Waals surface area contributed by atoms with E-state index in [9.17, 15) is 4.79 Å². The number of anilines is 1. The predicted molar refractivity (Wildman–Crippen MR) is 101 cm³/mol. The molecule has 0 aliphatic carbocycles. The van der Waals surface area contributed by atoms with Crippen LogP contribution in [-0.4, -0.2) is 26.8 Å². The number of rotatable bonds is 5. The Kier molecular flexibility index (Phi) is 5.02. The quantitative estimate of drug-likeness (QED) is 0.757. The minimum absolute atomic E-state index is 0.0173. The van der Waals surface area contributed by atoms with Crippen molar-refractivity contribution in [2.45, 2.75) is 33.8 Å². The van der Waals surface area contributed by atoms with Crippen LogP contribution in [0.5, 0.6) is 5.75 Å². The maximum absolute atomic E-state index is 12.7. The van der Waals surface area contributed by atoms with E-state index in [1.807, 2.05) is 62.7 Å². The summed E-state index contributed by atoms with van der Waals surface area (Å²) in [6, 6.07) is 11.5. The van der Waals surface area contributed by atoms with Gasteiger partial charge in [-0.25, -0.2) is 4.68 Å². The molecule has 6 heteroatoms. The van der Waals surface area contributed by atoms with Crippen LogP contribution in [0.1, 0.15) is 35.6 Å². The molecule has 0 aliphatic rings. The molecule has 0 unspecified atom stereocenters. The summed E-state index contributed by atoms with van der Waals surface area (Å²) < 4.78 is 7.43. The number of amides is 1. The van der Waals surface area contributed by atoms with Crippen molar-refractivity contribution in [1.29, 1.82) is 0 Å². The summed E-state index contributed by atoms with van der Waals surface area (Å²) in [5, 5.41) is 7.49. The minimum atomic E-state index is -0.245. The molecule has 0 spiro atoms. The smallest absolute Gasteiger partial charge is 0.257 e. The molecule has 1 amide bonds. The molecule has 2 heterocycles. The lowest BCUT2D eigenvalue weighted by atomic mass is 10.2. The van der Waals surface area contributed by atoms with Gasteiger partial charge in [0.2, 0.25) is 0 Å². The third-order valence-corrected chi connectivity index (χ3v) is 3.88. The summed E-state index contributed by atoms with van der Waals surface area (Å²) in [6.07, 6.45) is 3.14. The number of nitrogens with zero attached hydrogens (tertiary/aromatic N) is 3. The van der Waals surface area contributed by atoms with Crippen LogP contribution in [0, 0.1) is 13.8 Å². The Morgan fingerprint density at radius 1 is 1.15 bits per heavy atom. The van der Waals surface area contributed by atoms with Crippen molar-refractivity contribution in [3.05, 3.63) is 65.7 Å². The molecule has 3 aromatic rings. The maximum atomic E-state index is 12.7. The van der Waals surface area contributed by atoms with Crippen molar-refractivity contribution in [2.24, 2.45) is 0 Å². The Balaban J connectivity index is 1.85. The largest absolute Gasteiger partial charge is 0.489 e. The van der Waals surface area contributed by atoms with Crippen LogP contribution in [0.3, 0.4) is 0 Å². The van der Waals surface area contributed by atoms with E-state index < -0.39 is 0 Å². The monoisotopic (exact) mass is 350 g/mol. The fourth-order valence-corrected chi connectivity index (χ4v) is 2.71. The van der Waals surface area contributed by atoms with Gasteiger partial charge in [0, 0.05) is 6.20 Å². The summed E-state index contributed by atoms with van der Waals surface area (Å²) in [6.45, 7) is 7.66. The van der Waals surface area contributed by atoms with Crippen molar-refractivity contribution in [2.75, 3.05) is 5.32 Å². The van der Waals surface area contributed by atoms with Gasteiger partial charge in [0.25, 0.3) is 5.91 Å². The topological polar surface area (TPSA) is 69.0 Å². The summed E-state index contributed by atoms with van der Waals surface area (Å²) in [4.78, 5) is 16.7. The highest BCUT2D eigenvalue weighted by Gasteiger charge is 2.17. The summed E-state index contributed by atoms with van der Waals surface area (Å²) in [7, 11) is 0. The SMILES string of the molecule is Cc1nn(-c2ccccc2)c(C)c1NC(=O)c1cncc(OC(C)C)c1. The first-order valence-corrected chi connectivity index (χ1v) is 8.50. The van der Waals surface area contributed by atoms with Crippen LogP contribution in [0.15, 0.2) is 48.8 Å². The molecule has 0 aliphatic heterocycles. The Bertz CT molecular complexity index is 917. The zero-order chi connectivity index (χ0) is 18.7. The molecular weight excluding hydrogens is 328 g/mol. The van der Waals surface area contributed by atoms with Gasteiger partial charge in [-0.2, -0.15) is 5.10 Å². The number of nitrogens with one attached hydrogen (secondary N) is 1. The van der Waals surface area contributed by atoms with Gasteiger partial charge in [0.05, 0.1) is 40.6 Å². The number of para-hydroxylation sites is 1. The van der Waals surface area contributed by atoms with Gasteiger partial charge in [-0.05, 0) is 45.9 Å². The molecular formula is C20H22N4O2. The summed E-state index contributed by atoms with van der Waals surface area (Å²) in [5.41, 5.74) is 3.71. The molecule has 0 saturated carbocycles. The molecule has 0 radical (unpaired) electrons. The van der Waals surface area contributed by atoms with Crippen molar-refractivity contribution >= 4 is 11.6 Å². The molecule has 26 heavy (non-hydrogen) atoms. The van der Waals surface area contributed by atoms with Crippen LogP contribution in [-0.2, 0) is 0 Å². The lowest BCUT2D eigenvalue weighted by Gasteiger charge is -2.11. The number of hydrogen-bond donors (Lipinski definition) is 1. The molecule has 0 saturated heterocycles. The zero-order valence-corrected chi connectivity index (χ0v) is 15.4. The van der Waals surface area contributed by atoms with E-state index in [2.05, 4.69) is 15.4 Å². The van der Waals surface area contributed by atoms with Gasteiger partial charge in [-0.3, -0.25) is 9.78 Å². The van der Waals surface area contributed by atoms with E-state index in [1.165, 1.54) is 6.20 Å². The van der Waals surface area contributed by atoms with Crippen molar-refractivity contribution < 1.29 is 9.53 Å². The Labute approximate surface area is 152 Å². The molecule has 0 atom stereocenters. The minimum Gasteiger partial charge on any atom is -0.489 e. The van der Waals surface area contributed by atoms with Crippen LogP contribution in [0.25, 0.3) is 5.69 Å². The number of ether oxygens (including phenoxy) is 1. The van der Waals surface area contributed by atoms with E-state index in [0.29, 0.717) is 17.0 Å². The molecule has 0 fully saturated rings. The molecule has 2 aromatic heterocycles. The Morgan fingerprint density at radius 3 is 2.58 bits per heavy atom. The number of carbonyl (C=O) groups is 1. The fourth-order valence-electron chi connectivity index (χ4n) is 2.71. The molecule has 1 N–H and O–H groups in total. The maximum Gasteiger partial charge on any atom is 0.257 e. The van der Waals surface area contributed by atoms with E-state index >= 15 is 0 Å². The van der Waals surface area contributed by atoms with Gasteiger partial charge in [0.15, 0.2) is 0 Å². The number of pyridine rings is 1. The molecule has 3 rings (SSSR count). The number of aryl methyl sites for hydroxylation is 1. The second kappa shape index (κ2) is 7.39. The zero-order valence-electron chi connectivity index (χ0n) is 15.4. The van der Waals surface area contributed by atoms with Crippen LogP contribution in [0.4, 0.5) is 5.69 Å². The lowest BCUT2D eigenvalue weighted by molar-refractivity contribution is 0.102. The average molecular weight is 350 g/mol. The summed E-state index contributed by atoms with van der Waals surface area (Å²) >= 11 is 0. The molecule has 134 valence electrons. The second-order valence-corrected chi connectivity index (χ2v) is 6.32. The van der Waals surface area contributed by atoms with E-state index in [0.717, 1.165) is 17.1 Å². The van der Waals surface area contributed by atoms with Crippen LogP contribution in [0.2, 0.25) is 0 Å². The van der Waals surface area contributed by atoms with Gasteiger partial charge >= 0.3 is 0 Å². The Hall–Kier alpha value is -3.15. The number of aromatic nitrogens is 3. The van der Waals surface area contributed by atoms with E-state index in [1.54, 1.807) is 12.3 Å². The summed E-state index contributed by atoms with van der Waals surface area (Å²) in [5.74, 6) is 0.326. The fraction of sp³-hybridized carbons (Fsp3) is 0.250. The van der Waals surface area contributed by atoms with Gasteiger partial charge in [0.1, 0.15) is 5.75 Å². The standard InChI is InChI=1S/C20H22N4O2/c1-13(2)26-18-10-16(11-21-12-18)20(25)22-19-14(3)23-24(15(19)4)17-8-6-5-7-9-17/h5-13H,1-4H3,(H,22,25). The lowest BCUT2D eigenvalue weighted by Crippen LogP contribution is -2.14. The number of benzene rings is 1. The van der Waals surface area contributed by atoms with Crippen LogP contribution >= 0.6 is 0 Å². The van der Waals surface area contributed by atoms with Gasteiger partial charge in [-0.1, -0.05) is 18.2 Å². The molecule has 0 bridgehead atoms. The number of carbonyl (C=O) groups excluding carboxylic acids is 1. The first kappa shape index (κ1) is 17.7. The third kappa shape index (κ3) is 3.74. The van der Waals surface area contributed by atoms with Crippen molar-refractivity contribution in [3.63, 3.8) is 0 Å². The third-order valence-electron chi connectivity index (χ3n) is 3.88. The van der Waals surface area contributed by atoms with Gasteiger partial charge in [-0.15, -0.1) is 0 Å².